The summed E-state index contributed by atoms with van der Waals surface area (Å²) in [5, 5.41) is 2.89. The lowest BCUT2D eigenvalue weighted by Gasteiger charge is -2.15. The highest BCUT2D eigenvalue weighted by molar-refractivity contribution is 5.93. The molecule has 1 amide bonds. The Morgan fingerprint density at radius 2 is 2.00 bits per heavy atom. The fraction of sp³-hybridized carbons (Fsp3) is 0.462. The van der Waals surface area contributed by atoms with Crippen molar-refractivity contribution in [3.63, 3.8) is 0 Å². The number of hydrogen-bond acceptors (Lipinski definition) is 3. The van der Waals surface area contributed by atoms with E-state index < -0.39 is 0 Å². The van der Waals surface area contributed by atoms with Gasteiger partial charge in [-0.1, -0.05) is 6.42 Å². The molecule has 2 unspecified atom stereocenters. The molecule has 1 aromatic rings. The Kier molecular flexibility index (Phi) is 5.44. The van der Waals surface area contributed by atoms with Crippen LogP contribution in [-0.2, 0) is 4.79 Å². The Morgan fingerprint density at radius 3 is 2.50 bits per heavy atom. The van der Waals surface area contributed by atoms with Crippen LogP contribution in [0.3, 0.4) is 0 Å². The maximum Gasteiger partial charge on any atom is 0.229 e. The fourth-order valence-electron chi connectivity index (χ4n) is 2.22. The first-order valence-corrected chi connectivity index (χ1v) is 5.91. The molecule has 3 N–H and O–H groups in total. The van der Waals surface area contributed by atoms with Gasteiger partial charge in [0.15, 0.2) is 0 Å². The number of anilines is 1. The van der Waals surface area contributed by atoms with Gasteiger partial charge in [-0.25, -0.2) is 0 Å². The van der Waals surface area contributed by atoms with Gasteiger partial charge in [0, 0.05) is 11.7 Å². The molecular weight excluding hydrogens is 252 g/mol. The van der Waals surface area contributed by atoms with Gasteiger partial charge in [0.1, 0.15) is 5.75 Å². The summed E-state index contributed by atoms with van der Waals surface area (Å²) in [5.41, 5.74) is 6.69. The Bertz CT molecular complexity index is 394. The van der Waals surface area contributed by atoms with Crippen LogP contribution in [0.1, 0.15) is 19.3 Å². The number of nitrogens with one attached hydrogen (secondary N) is 1. The molecule has 2 rings (SSSR count). The zero-order chi connectivity index (χ0) is 12.3. The molecule has 1 aliphatic carbocycles. The molecule has 2 atom stereocenters. The van der Waals surface area contributed by atoms with E-state index in [4.69, 9.17) is 10.5 Å². The summed E-state index contributed by atoms with van der Waals surface area (Å²) in [6.45, 7) is 0. The first-order chi connectivity index (χ1) is 8.20. The van der Waals surface area contributed by atoms with Crippen molar-refractivity contribution < 1.29 is 9.53 Å². The highest BCUT2D eigenvalue weighted by atomic mass is 35.5. The van der Waals surface area contributed by atoms with E-state index in [0.29, 0.717) is 0 Å². The van der Waals surface area contributed by atoms with Gasteiger partial charge in [0.05, 0.1) is 13.0 Å². The van der Waals surface area contributed by atoms with Crippen LogP contribution >= 0.6 is 12.4 Å². The van der Waals surface area contributed by atoms with E-state index in [-0.39, 0.29) is 30.3 Å². The zero-order valence-corrected chi connectivity index (χ0v) is 11.2. The average molecular weight is 271 g/mol. The predicted octanol–water partition coefficient (Wildman–Crippen LogP) is 2.18. The highest BCUT2D eigenvalue weighted by Crippen LogP contribution is 2.25. The van der Waals surface area contributed by atoms with Crippen LogP contribution in [0, 0.1) is 5.92 Å². The van der Waals surface area contributed by atoms with Crippen LogP contribution in [0.5, 0.6) is 5.75 Å². The lowest BCUT2D eigenvalue weighted by atomic mass is 10.0. The summed E-state index contributed by atoms with van der Waals surface area (Å²) in [6.07, 6.45) is 2.88. The smallest absolute Gasteiger partial charge is 0.229 e. The van der Waals surface area contributed by atoms with Crippen LogP contribution in [0.2, 0.25) is 0 Å². The molecule has 4 nitrogen and oxygen atoms in total. The van der Waals surface area contributed by atoms with Crippen LogP contribution in [0.15, 0.2) is 24.3 Å². The van der Waals surface area contributed by atoms with Gasteiger partial charge in [0.2, 0.25) is 5.91 Å². The molecule has 0 aliphatic heterocycles. The maximum atomic E-state index is 12.0. The van der Waals surface area contributed by atoms with Gasteiger partial charge in [0.25, 0.3) is 0 Å². The number of benzene rings is 1. The monoisotopic (exact) mass is 270 g/mol. The van der Waals surface area contributed by atoms with Crippen molar-refractivity contribution in [1.29, 1.82) is 0 Å². The van der Waals surface area contributed by atoms with Gasteiger partial charge in [-0.2, -0.15) is 0 Å². The molecule has 0 radical (unpaired) electrons. The summed E-state index contributed by atoms with van der Waals surface area (Å²) in [5.74, 6) is 0.762. The van der Waals surface area contributed by atoms with E-state index in [1.54, 1.807) is 7.11 Å². The van der Waals surface area contributed by atoms with Crippen molar-refractivity contribution in [1.82, 2.24) is 0 Å². The number of halogens is 1. The predicted molar refractivity (Wildman–Crippen MR) is 74.2 cm³/mol. The molecule has 0 aromatic heterocycles. The molecule has 0 heterocycles. The van der Waals surface area contributed by atoms with Gasteiger partial charge in [-0.05, 0) is 37.1 Å². The standard InChI is InChI=1S/C13H18N2O2.ClH/c1-17-10-7-5-9(6-8-10)15-13(16)11-3-2-4-12(11)14;/h5-8,11-12H,2-4,14H2,1H3,(H,15,16);1H. The summed E-state index contributed by atoms with van der Waals surface area (Å²) in [7, 11) is 1.62. The zero-order valence-electron chi connectivity index (χ0n) is 10.4. The minimum absolute atomic E-state index is 0. The molecule has 100 valence electrons. The molecule has 0 saturated heterocycles. The van der Waals surface area contributed by atoms with Crippen LogP contribution < -0.4 is 15.8 Å². The van der Waals surface area contributed by atoms with E-state index in [0.717, 1.165) is 30.7 Å². The second-order valence-electron chi connectivity index (χ2n) is 4.42. The van der Waals surface area contributed by atoms with E-state index in [1.165, 1.54) is 0 Å². The SMILES string of the molecule is COc1ccc(NC(=O)C2CCCC2N)cc1.Cl. The number of carbonyl (C=O) groups excluding carboxylic acids is 1. The number of methoxy groups -OCH3 is 1. The van der Waals surface area contributed by atoms with E-state index in [2.05, 4.69) is 5.32 Å². The molecule has 5 heteroatoms. The Balaban J connectivity index is 0.00000162. The number of hydrogen-bond donors (Lipinski definition) is 2. The van der Waals surface area contributed by atoms with Crippen LogP contribution in [-0.4, -0.2) is 19.1 Å². The summed E-state index contributed by atoms with van der Waals surface area (Å²) in [6, 6.07) is 7.32. The second kappa shape index (κ2) is 6.61. The third kappa shape index (κ3) is 3.37. The number of amides is 1. The number of nitrogens with two attached hydrogens (primary N) is 1. The van der Waals surface area contributed by atoms with Gasteiger partial charge < -0.3 is 15.8 Å². The number of ether oxygens (including phenoxy) is 1. The molecule has 1 fully saturated rings. The van der Waals surface area contributed by atoms with Gasteiger partial charge in [-0.3, -0.25) is 4.79 Å². The molecule has 0 spiro atoms. The summed E-state index contributed by atoms with van der Waals surface area (Å²) >= 11 is 0. The molecule has 0 bridgehead atoms. The quantitative estimate of drug-likeness (QED) is 0.885. The normalized spacial score (nSPS) is 22.1. The Labute approximate surface area is 113 Å². The Morgan fingerprint density at radius 1 is 1.33 bits per heavy atom. The van der Waals surface area contributed by atoms with Crippen molar-refractivity contribution in [3.05, 3.63) is 24.3 Å². The minimum atomic E-state index is -0.0444. The van der Waals surface area contributed by atoms with Crippen molar-refractivity contribution >= 4 is 24.0 Å². The summed E-state index contributed by atoms with van der Waals surface area (Å²) < 4.78 is 5.06. The van der Waals surface area contributed by atoms with Crippen LogP contribution in [0.25, 0.3) is 0 Å². The lowest BCUT2D eigenvalue weighted by molar-refractivity contribution is -0.120. The van der Waals surface area contributed by atoms with Gasteiger partial charge in [-0.15, -0.1) is 12.4 Å². The first-order valence-electron chi connectivity index (χ1n) is 5.91. The maximum absolute atomic E-state index is 12.0. The molecule has 1 saturated carbocycles. The van der Waals surface area contributed by atoms with Crippen molar-refractivity contribution in [2.24, 2.45) is 11.7 Å². The summed E-state index contributed by atoms with van der Waals surface area (Å²) in [4.78, 5) is 12.0. The van der Waals surface area contributed by atoms with Crippen molar-refractivity contribution in [2.75, 3.05) is 12.4 Å². The highest BCUT2D eigenvalue weighted by Gasteiger charge is 2.30. The molecule has 1 aliphatic rings. The minimum Gasteiger partial charge on any atom is -0.497 e. The van der Waals surface area contributed by atoms with Crippen molar-refractivity contribution in [3.8, 4) is 5.75 Å². The lowest BCUT2D eigenvalue weighted by Crippen LogP contribution is -2.34. The number of rotatable bonds is 3. The first kappa shape index (κ1) is 14.8. The van der Waals surface area contributed by atoms with E-state index in [9.17, 15) is 4.79 Å². The molecule has 18 heavy (non-hydrogen) atoms. The fourth-order valence-corrected chi connectivity index (χ4v) is 2.22. The van der Waals surface area contributed by atoms with Crippen LogP contribution in [0.4, 0.5) is 5.69 Å². The van der Waals surface area contributed by atoms with Gasteiger partial charge >= 0.3 is 0 Å². The largest absolute Gasteiger partial charge is 0.497 e. The molecule has 1 aromatic carbocycles. The number of carbonyl (C=O) groups is 1. The average Bonchev–Trinajstić information content (AvgIpc) is 2.76. The van der Waals surface area contributed by atoms with Crippen molar-refractivity contribution in [2.45, 2.75) is 25.3 Å². The van der Waals surface area contributed by atoms with E-state index in [1.807, 2.05) is 24.3 Å². The second-order valence-corrected chi connectivity index (χ2v) is 4.42. The molecular formula is C13H19ClN2O2. The third-order valence-corrected chi connectivity index (χ3v) is 3.26. The third-order valence-electron chi connectivity index (χ3n) is 3.26. The topological polar surface area (TPSA) is 64.3 Å². The van der Waals surface area contributed by atoms with E-state index >= 15 is 0 Å². The Hall–Kier alpha value is -1.26.